The minimum Gasteiger partial charge on any atom is -0.369 e. The molecule has 0 bridgehead atoms. The molecule has 7 nitrogen and oxygen atoms in total. The van der Waals surface area contributed by atoms with Crippen molar-refractivity contribution in [3.63, 3.8) is 0 Å². The molecule has 4 atom stereocenters. The van der Waals surface area contributed by atoms with Crippen LogP contribution in [0, 0.1) is 11.8 Å². The molecule has 164 valence electrons. The number of hydrogen-bond acceptors (Lipinski definition) is 6. The van der Waals surface area contributed by atoms with E-state index in [-0.39, 0.29) is 17.7 Å². The van der Waals surface area contributed by atoms with Gasteiger partial charge in [0, 0.05) is 31.0 Å². The predicted molar refractivity (Wildman–Crippen MR) is 113 cm³/mol. The highest BCUT2D eigenvalue weighted by Gasteiger charge is 2.48. The summed E-state index contributed by atoms with van der Waals surface area (Å²) in [6.45, 7) is 0.671. The molecule has 3 aliphatic rings. The van der Waals surface area contributed by atoms with Crippen LogP contribution in [0.2, 0.25) is 5.02 Å². The topological polar surface area (TPSA) is 83.0 Å². The van der Waals surface area contributed by atoms with Gasteiger partial charge in [-0.2, -0.15) is 0 Å². The van der Waals surface area contributed by atoms with Crippen LogP contribution in [0.25, 0.3) is 0 Å². The molecule has 1 amide bonds. The minimum absolute atomic E-state index is 0.102. The third kappa shape index (κ3) is 3.79. The Morgan fingerprint density at radius 3 is 3.06 bits per heavy atom. The maximum Gasteiger partial charge on any atom is 0.255 e. The number of carbonyl (C=O) groups excluding carboxylic acids is 1. The summed E-state index contributed by atoms with van der Waals surface area (Å²) in [6, 6.07) is 3.17. The summed E-state index contributed by atoms with van der Waals surface area (Å²) in [7, 11) is 0. The quantitative estimate of drug-likeness (QED) is 0.731. The molecule has 0 radical (unpaired) electrons. The molecule has 10 heteroatoms. The Morgan fingerprint density at radius 2 is 2.23 bits per heavy atom. The molecule has 1 saturated heterocycles. The summed E-state index contributed by atoms with van der Waals surface area (Å²) in [5.41, 5.74) is 0.939. The summed E-state index contributed by atoms with van der Waals surface area (Å²) in [4.78, 5) is 28.4. The summed E-state index contributed by atoms with van der Waals surface area (Å²) < 4.78 is 25.4. The zero-order valence-corrected chi connectivity index (χ0v) is 17.5. The van der Waals surface area contributed by atoms with Crippen molar-refractivity contribution in [1.82, 2.24) is 20.3 Å². The third-order valence-electron chi connectivity index (χ3n) is 6.59. The summed E-state index contributed by atoms with van der Waals surface area (Å²) in [5.74, 6) is 2.12. The average molecular weight is 449 g/mol. The van der Waals surface area contributed by atoms with Crippen LogP contribution in [-0.2, 0) is 4.79 Å². The van der Waals surface area contributed by atoms with Crippen LogP contribution in [0.5, 0.6) is 0 Å². The Morgan fingerprint density at radius 1 is 1.35 bits per heavy atom. The average Bonchev–Trinajstić information content (AvgIpc) is 3.46. The molecule has 2 aromatic rings. The van der Waals surface area contributed by atoms with Crippen molar-refractivity contribution in [3.05, 3.63) is 40.9 Å². The van der Waals surface area contributed by atoms with E-state index in [9.17, 15) is 13.6 Å². The molecule has 0 spiro atoms. The Hall–Kier alpha value is -2.55. The second kappa shape index (κ2) is 8.18. The third-order valence-corrected chi connectivity index (χ3v) is 6.79. The smallest absolute Gasteiger partial charge is 0.255 e. The predicted octanol–water partition coefficient (Wildman–Crippen LogP) is 3.07. The number of amides is 1. The standard InChI is InChI=1S/C21H23ClF2N6O/c22-12-6-14-15(8-27-19(14)26-7-12)20-25-5-4-17(29-20)30-10-11-2-1-3-13(11)18(30)21(31)28-9-16(23)24/h4-7,11,13,15-16,18H,1-3,8-10H2,(H,26,27)(H,28,31)/t11-,13-,15?,18-/m1/s1. The molecule has 2 N–H and O–H groups in total. The van der Waals surface area contributed by atoms with E-state index in [0.29, 0.717) is 35.7 Å². The second-order valence-electron chi connectivity index (χ2n) is 8.39. The van der Waals surface area contributed by atoms with E-state index in [2.05, 4.69) is 20.6 Å². The minimum atomic E-state index is -2.57. The van der Waals surface area contributed by atoms with Crippen molar-refractivity contribution >= 4 is 29.1 Å². The molecule has 4 heterocycles. The maximum atomic E-state index is 12.9. The molecular weight excluding hydrogens is 426 g/mol. The van der Waals surface area contributed by atoms with Crippen LogP contribution >= 0.6 is 11.6 Å². The highest BCUT2D eigenvalue weighted by atomic mass is 35.5. The fraction of sp³-hybridized carbons (Fsp3) is 0.524. The number of fused-ring (bicyclic) bond motifs is 2. The zero-order valence-electron chi connectivity index (χ0n) is 16.8. The molecule has 1 aliphatic carbocycles. The number of anilines is 2. The van der Waals surface area contributed by atoms with Gasteiger partial charge in [-0.05, 0) is 36.8 Å². The number of aromatic nitrogens is 3. The van der Waals surface area contributed by atoms with Crippen LogP contribution in [0.3, 0.4) is 0 Å². The maximum absolute atomic E-state index is 12.9. The number of pyridine rings is 1. The van der Waals surface area contributed by atoms with E-state index in [1.807, 2.05) is 11.0 Å². The lowest BCUT2D eigenvalue weighted by Crippen LogP contribution is -2.47. The van der Waals surface area contributed by atoms with E-state index >= 15 is 0 Å². The van der Waals surface area contributed by atoms with Gasteiger partial charge in [0.15, 0.2) is 0 Å². The van der Waals surface area contributed by atoms with Crippen LogP contribution < -0.4 is 15.5 Å². The summed E-state index contributed by atoms with van der Waals surface area (Å²) in [6.07, 6.45) is 3.75. The Balaban J connectivity index is 1.43. The fourth-order valence-corrected chi connectivity index (χ4v) is 5.42. The fourth-order valence-electron chi connectivity index (χ4n) is 5.26. The first-order valence-electron chi connectivity index (χ1n) is 10.6. The number of nitrogens with one attached hydrogen (secondary N) is 2. The van der Waals surface area contributed by atoms with Crippen molar-refractivity contribution in [3.8, 4) is 0 Å². The van der Waals surface area contributed by atoms with Crippen molar-refractivity contribution in [2.24, 2.45) is 11.8 Å². The van der Waals surface area contributed by atoms with E-state index in [1.165, 1.54) is 0 Å². The first-order chi connectivity index (χ1) is 15.0. The van der Waals surface area contributed by atoms with Crippen LogP contribution in [0.4, 0.5) is 20.4 Å². The van der Waals surface area contributed by atoms with Gasteiger partial charge in [-0.3, -0.25) is 4.79 Å². The number of nitrogens with zero attached hydrogens (tertiary/aromatic N) is 4. The Bertz CT molecular complexity index is 992. The molecule has 2 aliphatic heterocycles. The van der Waals surface area contributed by atoms with Crippen molar-refractivity contribution in [1.29, 1.82) is 0 Å². The molecular formula is C21H23ClF2N6O. The van der Waals surface area contributed by atoms with Gasteiger partial charge in [-0.1, -0.05) is 18.0 Å². The first kappa shape index (κ1) is 20.4. The molecule has 0 aromatic carbocycles. The van der Waals surface area contributed by atoms with Gasteiger partial charge in [0.1, 0.15) is 23.5 Å². The molecule has 5 rings (SSSR count). The number of carbonyl (C=O) groups is 1. The van der Waals surface area contributed by atoms with E-state index in [0.717, 1.165) is 30.6 Å². The normalized spacial score (nSPS) is 26.6. The number of alkyl halides is 2. The van der Waals surface area contributed by atoms with Gasteiger partial charge < -0.3 is 15.5 Å². The number of rotatable bonds is 5. The van der Waals surface area contributed by atoms with Crippen LogP contribution in [-0.4, -0.2) is 53.0 Å². The SMILES string of the molecule is O=C(NCC(F)F)[C@H]1[C@@H]2CCC[C@@H]2CN1c1ccnc(C2CNc3ncc(Cl)cc32)n1. The number of hydrogen-bond donors (Lipinski definition) is 2. The molecule has 1 unspecified atom stereocenters. The Labute approximate surface area is 183 Å². The highest BCUT2D eigenvalue weighted by Crippen LogP contribution is 2.44. The first-order valence-corrected chi connectivity index (χ1v) is 10.9. The number of halogens is 3. The van der Waals surface area contributed by atoms with Crippen LogP contribution in [0.1, 0.15) is 36.6 Å². The van der Waals surface area contributed by atoms with Gasteiger partial charge >= 0.3 is 0 Å². The van der Waals surface area contributed by atoms with Crippen molar-refractivity contribution in [2.75, 3.05) is 29.9 Å². The second-order valence-corrected chi connectivity index (χ2v) is 8.82. The largest absolute Gasteiger partial charge is 0.369 e. The monoisotopic (exact) mass is 448 g/mol. The lowest BCUT2D eigenvalue weighted by atomic mass is 9.93. The van der Waals surface area contributed by atoms with Crippen molar-refractivity contribution < 1.29 is 13.6 Å². The zero-order chi connectivity index (χ0) is 21.5. The van der Waals surface area contributed by atoms with Gasteiger partial charge in [-0.15, -0.1) is 0 Å². The van der Waals surface area contributed by atoms with E-state index in [4.69, 9.17) is 16.6 Å². The van der Waals surface area contributed by atoms with Crippen LogP contribution in [0.15, 0.2) is 24.5 Å². The van der Waals surface area contributed by atoms with Gasteiger partial charge in [0.2, 0.25) is 5.91 Å². The van der Waals surface area contributed by atoms with Gasteiger partial charge in [0.25, 0.3) is 6.43 Å². The van der Waals surface area contributed by atoms with E-state index in [1.54, 1.807) is 18.5 Å². The summed E-state index contributed by atoms with van der Waals surface area (Å²) >= 11 is 6.13. The summed E-state index contributed by atoms with van der Waals surface area (Å²) in [5, 5.41) is 6.22. The Kier molecular flexibility index (Phi) is 5.37. The molecule has 2 fully saturated rings. The van der Waals surface area contributed by atoms with E-state index < -0.39 is 19.0 Å². The molecule has 1 saturated carbocycles. The molecule has 31 heavy (non-hydrogen) atoms. The highest BCUT2D eigenvalue weighted by molar-refractivity contribution is 6.30. The lowest BCUT2D eigenvalue weighted by molar-refractivity contribution is -0.123. The lowest BCUT2D eigenvalue weighted by Gasteiger charge is -2.28. The van der Waals surface area contributed by atoms with Gasteiger partial charge in [0.05, 0.1) is 17.5 Å². The van der Waals surface area contributed by atoms with Gasteiger partial charge in [-0.25, -0.2) is 23.7 Å². The molecule has 2 aromatic heterocycles. The van der Waals surface area contributed by atoms with Crippen molar-refractivity contribution in [2.45, 2.75) is 37.6 Å².